The summed E-state index contributed by atoms with van der Waals surface area (Å²) in [6, 6.07) is 13.3. The molecule has 1 aliphatic rings. The van der Waals surface area contributed by atoms with Gasteiger partial charge in [0.05, 0.1) is 12.2 Å². The van der Waals surface area contributed by atoms with Crippen LogP contribution in [0.5, 0.6) is 0 Å². The number of carbonyl (C=O) groups is 3. The van der Waals surface area contributed by atoms with Gasteiger partial charge in [-0.15, -0.1) is 0 Å². The first kappa shape index (κ1) is 20.9. The Morgan fingerprint density at radius 2 is 1.74 bits per heavy atom. The van der Waals surface area contributed by atoms with Crippen LogP contribution in [0.25, 0.3) is 6.08 Å². The molecule has 1 aromatic heterocycles. The van der Waals surface area contributed by atoms with Gasteiger partial charge >= 0.3 is 5.97 Å². The van der Waals surface area contributed by atoms with Crippen molar-refractivity contribution in [2.24, 2.45) is 0 Å². The number of Topliss-reactive ketones (excluding diaryl/α,β-unsaturated/α-hetero) is 2. The molecule has 8 heteroatoms. The average molecular weight is 456 g/mol. The van der Waals surface area contributed by atoms with Gasteiger partial charge in [-0.1, -0.05) is 53.5 Å². The molecule has 2 aromatic carbocycles. The maximum Gasteiger partial charge on any atom is 0.345 e. The molecule has 0 spiro atoms. The average Bonchev–Trinajstić information content (AvgIpc) is 3.17. The summed E-state index contributed by atoms with van der Waals surface area (Å²) in [5.74, 6) is -1.59. The molecule has 0 radical (unpaired) electrons. The molecule has 0 amide bonds. The van der Waals surface area contributed by atoms with E-state index in [1.807, 2.05) is 0 Å². The number of anilines is 2. The SMILES string of the molecule is CCOC(=O)c1c(Nc2cccc(Cl)c2)oc(C=C2C(=O)c3ccccc3C2=O)c1Cl. The number of benzene rings is 2. The third-order valence-corrected chi connectivity index (χ3v) is 5.23. The second-order valence-electron chi connectivity index (χ2n) is 6.60. The van der Waals surface area contributed by atoms with Crippen LogP contribution in [-0.2, 0) is 4.74 Å². The van der Waals surface area contributed by atoms with Crippen LogP contribution < -0.4 is 5.32 Å². The lowest BCUT2D eigenvalue weighted by Crippen LogP contribution is -2.06. The molecule has 0 atom stereocenters. The number of hydrogen-bond donors (Lipinski definition) is 1. The predicted octanol–water partition coefficient (Wildman–Crippen LogP) is 5.97. The number of ketones is 2. The van der Waals surface area contributed by atoms with Crippen LogP contribution in [0, 0.1) is 0 Å². The van der Waals surface area contributed by atoms with Crippen molar-refractivity contribution in [3.63, 3.8) is 0 Å². The van der Waals surface area contributed by atoms with E-state index in [9.17, 15) is 14.4 Å². The van der Waals surface area contributed by atoms with Gasteiger partial charge in [0.15, 0.2) is 11.6 Å². The summed E-state index contributed by atoms with van der Waals surface area (Å²) in [6.07, 6.45) is 1.25. The highest BCUT2D eigenvalue weighted by Gasteiger charge is 2.34. The van der Waals surface area contributed by atoms with Gasteiger partial charge < -0.3 is 14.5 Å². The highest BCUT2D eigenvalue weighted by atomic mass is 35.5. The van der Waals surface area contributed by atoms with Crippen molar-refractivity contribution in [3.8, 4) is 0 Å². The quantitative estimate of drug-likeness (QED) is 0.289. The standard InChI is InChI=1S/C23H15Cl2NO5/c1-2-30-23(29)18-19(25)17(31-22(18)26-13-7-5-6-12(24)10-13)11-16-20(27)14-8-3-4-9-15(14)21(16)28/h3-11,26H,2H2,1H3. The molecule has 0 aliphatic heterocycles. The van der Waals surface area contributed by atoms with E-state index in [1.54, 1.807) is 55.5 Å². The van der Waals surface area contributed by atoms with E-state index in [-0.39, 0.29) is 34.4 Å². The lowest BCUT2D eigenvalue weighted by atomic mass is 10.1. The zero-order chi connectivity index (χ0) is 22.1. The molecular formula is C23H15Cl2NO5. The van der Waals surface area contributed by atoms with Crippen molar-refractivity contribution in [2.75, 3.05) is 11.9 Å². The number of ether oxygens (including phenoxy) is 1. The minimum Gasteiger partial charge on any atom is -0.462 e. The number of halogens is 2. The Morgan fingerprint density at radius 3 is 2.35 bits per heavy atom. The van der Waals surface area contributed by atoms with Crippen molar-refractivity contribution in [1.29, 1.82) is 0 Å². The molecule has 3 aromatic rings. The van der Waals surface area contributed by atoms with E-state index >= 15 is 0 Å². The first-order chi connectivity index (χ1) is 14.9. The highest BCUT2D eigenvalue weighted by Crippen LogP contribution is 2.37. The molecule has 0 unspecified atom stereocenters. The number of furan rings is 1. The van der Waals surface area contributed by atoms with Crippen LogP contribution in [0.1, 0.15) is 43.8 Å². The number of fused-ring (bicyclic) bond motifs is 1. The van der Waals surface area contributed by atoms with Gasteiger partial charge in [-0.3, -0.25) is 9.59 Å². The molecule has 1 aliphatic carbocycles. The van der Waals surface area contributed by atoms with Gasteiger partial charge in [-0.2, -0.15) is 0 Å². The Labute approximate surface area is 187 Å². The number of rotatable bonds is 5. The van der Waals surface area contributed by atoms with Crippen molar-refractivity contribution in [1.82, 2.24) is 0 Å². The number of hydrogen-bond acceptors (Lipinski definition) is 6. The Hall–Kier alpha value is -3.35. The Balaban J connectivity index is 1.79. The molecule has 1 heterocycles. The molecule has 0 bridgehead atoms. The van der Waals surface area contributed by atoms with Crippen molar-refractivity contribution in [3.05, 3.63) is 86.6 Å². The fraction of sp³-hybridized carbons (Fsp3) is 0.0870. The number of esters is 1. The summed E-state index contributed by atoms with van der Waals surface area (Å²) >= 11 is 12.4. The second kappa shape index (κ2) is 8.41. The predicted molar refractivity (Wildman–Crippen MR) is 117 cm³/mol. The van der Waals surface area contributed by atoms with Gasteiger partial charge in [0.1, 0.15) is 16.3 Å². The van der Waals surface area contributed by atoms with E-state index in [1.165, 1.54) is 6.08 Å². The summed E-state index contributed by atoms with van der Waals surface area (Å²) < 4.78 is 10.8. The second-order valence-corrected chi connectivity index (χ2v) is 7.42. The molecule has 6 nitrogen and oxygen atoms in total. The van der Waals surface area contributed by atoms with Crippen LogP contribution in [0.2, 0.25) is 10.0 Å². The van der Waals surface area contributed by atoms with Crippen LogP contribution in [-0.4, -0.2) is 24.1 Å². The molecule has 4 rings (SSSR count). The lowest BCUT2D eigenvalue weighted by molar-refractivity contribution is 0.0527. The van der Waals surface area contributed by atoms with Gasteiger partial charge in [-0.05, 0) is 31.2 Å². The largest absolute Gasteiger partial charge is 0.462 e. The zero-order valence-electron chi connectivity index (χ0n) is 16.2. The van der Waals surface area contributed by atoms with Crippen LogP contribution >= 0.6 is 23.2 Å². The first-order valence-corrected chi connectivity index (χ1v) is 10.1. The summed E-state index contributed by atoms with van der Waals surface area (Å²) in [6.45, 7) is 1.78. The molecule has 156 valence electrons. The summed E-state index contributed by atoms with van der Waals surface area (Å²) in [4.78, 5) is 37.9. The maximum atomic E-state index is 12.7. The van der Waals surface area contributed by atoms with Crippen molar-refractivity contribution in [2.45, 2.75) is 6.92 Å². The van der Waals surface area contributed by atoms with Crippen molar-refractivity contribution < 1.29 is 23.5 Å². The lowest BCUT2D eigenvalue weighted by Gasteiger charge is -2.06. The first-order valence-electron chi connectivity index (χ1n) is 9.32. The third kappa shape index (κ3) is 3.87. The smallest absolute Gasteiger partial charge is 0.345 e. The van der Waals surface area contributed by atoms with E-state index in [2.05, 4.69) is 5.32 Å². The topological polar surface area (TPSA) is 85.6 Å². The van der Waals surface area contributed by atoms with E-state index in [0.29, 0.717) is 21.8 Å². The molecule has 0 saturated heterocycles. The summed E-state index contributed by atoms with van der Waals surface area (Å²) in [5.41, 5.74) is 1.02. The summed E-state index contributed by atoms with van der Waals surface area (Å²) in [7, 11) is 0. The Bertz CT molecular complexity index is 1220. The van der Waals surface area contributed by atoms with E-state index in [4.69, 9.17) is 32.4 Å². The zero-order valence-corrected chi connectivity index (χ0v) is 17.7. The van der Waals surface area contributed by atoms with E-state index in [0.717, 1.165) is 0 Å². The number of allylic oxidation sites excluding steroid dienone is 1. The third-order valence-electron chi connectivity index (χ3n) is 4.62. The Morgan fingerprint density at radius 1 is 1.06 bits per heavy atom. The molecule has 1 N–H and O–H groups in total. The highest BCUT2D eigenvalue weighted by molar-refractivity contribution is 6.42. The van der Waals surface area contributed by atoms with Crippen LogP contribution in [0.15, 0.2) is 58.5 Å². The Kier molecular flexibility index (Phi) is 5.67. The summed E-state index contributed by atoms with van der Waals surface area (Å²) in [5, 5.41) is 3.34. The molecule has 0 fully saturated rings. The molecule has 31 heavy (non-hydrogen) atoms. The molecule has 0 saturated carbocycles. The van der Waals surface area contributed by atoms with Crippen LogP contribution in [0.3, 0.4) is 0 Å². The van der Waals surface area contributed by atoms with Gasteiger partial charge in [0.2, 0.25) is 5.88 Å². The maximum absolute atomic E-state index is 12.7. The number of nitrogens with one attached hydrogen (secondary N) is 1. The molecular weight excluding hydrogens is 441 g/mol. The van der Waals surface area contributed by atoms with Gasteiger partial charge in [-0.25, -0.2) is 4.79 Å². The van der Waals surface area contributed by atoms with E-state index < -0.39 is 17.5 Å². The van der Waals surface area contributed by atoms with Crippen molar-refractivity contribution >= 4 is 58.4 Å². The monoisotopic (exact) mass is 455 g/mol. The fourth-order valence-electron chi connectivity index (χ4n) is 3.23. The normalized spacial score (nSPS) is 12.7. The minimum atomic E-state index is -0.710. The fourth-order valence-corrected chi connectivity index (χ4v) is 3.67. The van der Waals surface area contributed by atoms with Gasteiger partial charge in [0.25, 0.3) is 0 Å². The minimum absolute atomic E-state index is 0.00738. The number of carbonyl (C=O) groups excluding carboxylic acids is 3. The van der Waals surface area contributed by atoms with Crippen LogP contribution in [0.4, 0.5) is 11.6 Å². The van der Waals surface area contributed by atoms with Gasteiger partial charge in [0, 0.05) is 21.8 Å².